The highest BCUT2D eigenvalue weighted by molar-refractivity contribution is 7.71. The molecule has 0 atom stereocenters. The van der Waals surface area contributed by atoms with E-state index >= 15 is 0 Å². The molecule has 0 saturated heterocycles. The molecule has 96 valence electrons. The first kappa shape index (κ1) is 11.9. The van der Waals surface area contributed by atoms with Crippen molar-refractivity contribution in [2.24, 2.45) is 0 Å². The summed E-state index contributed by atoms with van der Waals surface area (Å²) in [6.45, 7) is 2.64. The maximum absolute atomic E-state index is 5.52. The quantitative estimate of drug-likeness (QED) is 0.742. The molecule has 0 aliphatic heterocycles. The molecule has 1 N–H and O–H groups in total. The molecule has 0 aliphatic carbocycles. The molecule has 19 heavy (non-hydrogen) atoms. The maximum Gasteiger partial charge on any atom is 0.199 e. The molecule has 0 aliphatic rings. The van der Waals surface area contributed by atoms with Crippen molar-refractivity contribution in [3.05, 3.63) is 47.5 Å². The van der Waals surface area contributed by atoms with Crippen LogP contribution >= 0.6 is 12.2 Å². The Kier molecular flexibility index (Phi) is 3.05. The lowest BCUT2D eigenvalue weighted by Crippen LogP contribution is -1.95. The van der Waals surface area contributed by atoms with Gasteiger partial charge in [0.25, 0.3) is 0 Å². The molecular weight excluding hydrogens is 258 g/mol. The average molecular weight is 271 g/mol. The summed E-state index contributed by atoms with van der Waals surface area (Å²) in [6.07, 6.45) is 1.69. The summed E-state index contributed by atoms with van der Waals surface area (Å²) in [7, 11) is 0. The van der Waals surface area contributed by atoms with Crippen molar-refractivity contribution < 1.29 is 4.74 Å². The fourth-order valence-corrected chi connectivity index (χ4v) is 2.33. The highest BCUT2D eigenvalue weighted by atomic mass is 32.1. The van der Waals surface area contributed by atoms with Gasteiger partial charge in [0.15, 0.2) is 4.77 Å². The van der Waals surface area contributed by atoms with Gasteiger partial charge in [-0.3, -0.25) is 9.67 Å². The third-order valence-electron chi connectivity index (χ3n) is 2.95. The summed E-state index contributed by atoms with van der Waals surface area (Å²) in [5.41, 5.74) is 1.01. The fraction of sp³-hybridized carbons (Fsp3) is 0.143. The molecule has 0 bridgehead atoms. The number of hydrogen-bond acceptors (Lipinski definition) is 3. The van der Waals surface area contributed by atoms with Gasteiger partial charge in [0.2, 0.25) is 0 Å². The molecule has 0 radical (unpaired) electrons. The minimum absolute atomic E-state index is 0.585. The molecule has 3 aromatic rings. The molecule has 1 aromatic heterocycles. The Morgan fingerprint density at radius 1 is 1.32 bits per heavy atom. The van der Waals surface area contributed by atoms with Crippen LogP contribution in [0.5, 0.6) is 5.75 Å². The lowest BCUT2D eigenvalue weighted by atomic mass is 10.1. The molecule has 3 rings (SSSR count). The van der Waals surface area contributed by atoms with E-state index in [1.54, 1.807) is 6.33 Å². The van der Waals surface area contributed by atoms with Gasteiger partial charge < -0.3 is 4.74 Å². The van der Waals surface area contributed by atoms with Crippen LogP contribution in [0.3, 0.4) is 0 Å². The number of rotatable bonds is 3. The third kappa shape index (κ3) is 2.13. The number of H-pyrrole nitrogens is 1. The van der Waals surface area contributed by atoms with Gasteiger partial charge in [0, 0.05) is 5.39 Å². The number of hydrogen-bond donors (Lipinski definition) is 1. The second-order valence-electron chi connectivity index (χ2n) is 4.12. The van der Waals surface area contributed by atoms with Crippen LogP contribution in [-0.2, 0) is 0 Å². The zero-order chi connectivity index (χ0) is 13.2. The smallest absolute Gasteiger partial charge is 0.199 e. The van der Waals surface area contributed by atoms with Gasteiger partial charge in [0.05, 0.1) is 12.3 Å². The van der Waals surface area contributed by atoms with E-state index in [2.05, 4.69) is 16.3 Å². The second kappa shape index (κ2) is 4.85. The van der Waals surface area contributed by atoms with Gasteiger partial charge in [-0.05, 0) is 48.8 Å². The predicted molar refractivity (Wildman–Crippen MR) is 77.4 cm³/mol. The number of benzene rings is 2. The van der Waals surface area contributed by atoms with E-state index in [0.29, 0.717) is 11.4 Å². The topological polar surface area (TPSA) is 42.8 Å². The number of nitrogens with one attached hydrogen (secondary N) is 1. The Bertz CT molecular complexity index is 775. The minimum atomic E-state index is 0.585. The molecule has 0 fully saturated rings. The summed E-state index contributed by atoms with van der Waals surface area (Å²) in [5.74, 6) is 0.878. The van der Waals surface area contributed by atoms with E-state index in [4.69, 9.17) is 17.0 Å². The number of fused-ring (bicyclic) bond motifs is 1. The van der Waals surface area contributed by atoms with Crippen LogP contribution in [0.15, 0.2) is 42.7 Å². The Balaban J connectivity index is 2.22. The first-order valence-corrected chi connectivity index (χ1v) is 6.48. The van der Waals surface area contributed by atoms with E-state index in [-0.39, 0.29) is 0 Å². The van der Waals surface area contributed by atoms with E-state index in [9.17, 15) is 0 Å². The first-order valence-electron chi connectivity index (χ1n) is 6.07. The van der Waals surface area contributed by atoms with Crippen molar-refractivity contribution in [2.75, 3.05) is 6.61 Å². The molecule has 4 nitrogen and oxygen atoms in total. The van der Waals surface area contributed by atoms with Crippen molar-refractivity contribution in [2.45, 2.75) is 6.92 Å². The van der Waals surface area contributed by atoms with E-state index in [1.807, 2.05) is 41.8 Å². The van der Waals surface area contributed by atoms with Gasteiger partial charge >= 0.3 is 0 Å². The van der Waals surface area contributed by atoms with Gasteiger partial charge in [-0.25, -0.2) is 0 Å². The maximum atomic E-state index is 5.52. The second-order valence-corrected chi connectivity index (χ2v) is 4.51. The van der Waals surface area contributed by atoms with Crippen LogP contribution in [0, 0.1) is 4.77 Å². The van der Waals surface area contributed by atoms with Gasteiger partial charge in [-0.15, -0.1) is 0 Å². The van der Waals surface area contributed by atoms with Crippen molar-refractivity contribution in [3.63, 3.8) is 0 Å². The normalized spacial score (nSPS) is 10.8. The lowest BCUT2D eigenvalue weighted by molar-refractivity contribution is 0.341. The van der Waals surface area contributed by atoms with Gasteiger partial charge in [-0.2, -0.15) is 5.10 Å². The Morgan fingerprint density at radius 2 is 2.21 bits per heavy atom. The summed E-state index contributed by atoms with van der Waals surface area (Å²) < 4.78 is 7.97. The highest BCUT2D eigenvalue weighted by Crippen LogP contribution is 2.26. The standard InChI is InChI=1S/C14H13N3OS/c1-2-18-11-6-7-12-10(8-11)4-3-5-13(12)17-9-15-16-14(17)19/h3-9H,2H2,1H3,(H,16,19). The van der Waals surface area contributed by atoms with E-state index in [0.717, 1.165) is 22.2 Å². The van der Waals surface area contributed by atoms with Crippen molar-refractivity contribution in [1.82, 2.24) is 14.8 Å². The molecule has 2 aromatic carbocycles. The molecular formula is C14H13N3OS. The third-order valence-corrected chi connectivity index (χ3v) is 3.24. The van der Waals surface area contributed by atoms with E-state index in [1.165, 1.54) is 0 Å². The number of nitrogens with zero attached hydrogens (tertiary/aromatic N) is 2. The van der Waals surface area contributed by atoms with Gasteiger partial charge in [0.1, 0.15) is 12.1 Å². The summed E-state index contributed by atoms with van der Waals surface area (Å²) in [4.78, 5) is 0. The lowest BCUT2D eigenvalue weighted by Gasteiger charge is -2.09. The average Bonchev–Trinajstić information content (AvgIpc) is 2.84. The highest BCUT2D eigenvalue weighted by Gasteiger charge is 2.05. The van der Waals surface area contributed by atoms with E-state index < -0.39 is 0 Å². The Morgan fingerprint density at radius 3 is 2.95 bits per heavy atom. The van der Waals surface area contributed by atoms with Crippen molar-refractivity contribution in [3.8, 4) is 11.4 Å². The molecule has 5 heteroatoms. The predicted octanol–water partition coefficient (Wildman–Crippen LogP) is 3.48. The Hall–Kier alpha value is -2.14. The summed E-state index contributed by atoms with van der Waals surface area (Å²) in [6, 6.07) is 12.1. The molecule has 0 amide bonds. The molecule has 0 spiro atoms. The molecule has 0 saturated carbocycles. The molecule has 0 unspecified atom stereocenters. The largest absolute Gasteiger partial charge is 0.494 e. The van der Waals surface area contributed by atoms with Crippen molar-refractivity contribution >= 4 is 23.0 Å². The SMILES string of the molecule is CCOc1ccc2c(-n3cn[nH]c3=S)cccc2c1. The monoisotopic (exact) mass is 271 g/mol. The zero-order valence-corrected chi connectivity index (χ0v) is 11.3. The van der Waals surface area contributed by atoms with Crippen LogP contribution in [0.4, 0.5) is 0 Å². The van der Waals surface area contributed by atoms with Crippen LogP contribution in [0.2, 0.25) is 0 Å². The minimum Gasteiger partial charge on any atom is -0.494 e. The summed E-state index contributed by atoms with van der Waals surface area (Å²) >= 11 is 5.22. The first-order chi connectivity index (χ1) is 9.29. The number of aromatic nitrogens is 3. The fourth-order valence-electron chi connectivity index (χ4n) is 2.13. The number of aromatic amines is 1. The van der Waals surface area contributed by atoms with Crippen molar-refractivity contribution in [1.29, 1.82) is 0 Å². The number of ether oxygens (including phenoxy) is 1. The van der Waals surface area contributed by atoms with Gasteiger partial charge in [-0.1, -0.05) is 12.1 Å². The van der Waals surface area contributed by atoms with Crippen LogP contribution in [0.1, 0.15) is 6.92 Å². The summed E-state index contributed by atoms with van der Waals surface area (Å²) in [5, 5.41) is 8.96. The van der Waals surface area contributed by atoms with Crippen LogP contribution in [0.25, 0.3) is 16.5 Å². The van der Waals surface area contributed by atoms with Crippen LogP contribution in [-0.4, -0.2) is 21.4 Å². The molecule has 1 heterocycles. The van der Waals surface area contributed by atoms with Crippen LogP contribution < -0.4 is 4.74 Å². The Labute approximate surface area is 115 Å². The zero-order valence-electron chi connectivity index (χ0n) is 10.5.